The molecule has 0 radical (unpaired) electrons. The average Bonchev–Trinajstić information content (AvgIpc) is 2.40. The Bertz CT molecular complexity index is 692. The molecule has 2 aromatic carbocycles. The number of sulfonamides is 1. The van der Waals surface area contributed by atoms with Crippen LogP contribution in [0.25, 0.3) is 0 Å². The van der Waals surface area contributed by atoms with E-state index < -0.39 is 23.7 Å². The SMILES string of the molecule is Cc1ccc(S(=O)(=O)N=[Se](C)c2ccccc2)cc1. The third-order valence-electron chi connectivity index (χ3n) is 2.61. The number of aryl methyl sites for hydroxylation is 1. The monoisotopic (exact) mass is 341 g/mol. The number of benzene rings is 2. The summed E-state index contributed by atoms with van der Waals surface area (Å²) >= 11 is -1.69. The average molecular weight is 340 g/mol. The first-order valence-electron chi connectivity index (χ1n) is 5.75. The molecule has 0 bridgehead atoms. The molecule has 0 aliphatic rings. The van der Waals surface area contributed by atoms with Crippen molar-refractivity contribution in [1.82, 2.24) is 0 Å². The summed E-state index contributed by atoms with van der Waals surface area (Å²) < 4.78 is 29.5. The van der Waals surface area contributed by atoms with E-state index in [0.717, 1.165) is 10.0 Å². The van der Waals surface area contributed by atoms with Crippen molar-refractivity contribution in [3.8, 4) is 0 Å². The van der Waals surface area contributed by atoms with Crippen LogP contribution in [0.15, 0.2) is 62.9 Å². The Labute approximate surface area is 118 Å². The number of rotatable bonds is 3. The summed E-state index contributed by atoms with van der Waals surface area (Å²) in [5.74, 6) is 1.90. The van der Waals surface area contributed by atoms with E-state index in [2.05, 4.69) is 3.37 Å². The zero-order valence-corrected chi connectivity index (χ0v) is 13.3. The summed E-state index contributed by atoms with van der Waals surface area (Å²) in [4.78, 5) is 0.268. The molecular weight excluding hydrogens is 325 g/mol. The maximum absolute atomic E-state index is 12.2. The van der Waals surface area contributed by atoms with Crippen molar-refractivity contribution in [3.05, 3.63) is 60.2 Å². The van der Waals surface area contributed by atoms with Crippen LogP contribution in [0.1, 0.15) is 5.56 Å². The molecule has 0 saturated heterocycles. The second-order valence-electron chi connectivity index (χ2n) is 4.15. The van der Waals surface area contributed by atoms with Gasteiger partial charge in [0.05, 0.1) is 0 Å². The van der Waals surface area contributed by atoms with Crippen LogP contribution in [0.5, 0.6) is 0 Å². The Morgan fingerprint density at radius 3 is 2.11 bits per heavy atom. The molecule has 0 N–H and O–H groups in total. The molecule has 0 saturated carbocycles. The quantitative estimate of drug-likeness (QED) is 0.806. The second-order valence-corrected chi connectivity index (χ2v) is 9.66. The predicted molar refractivity (Wildman–Crippen MR) is 78.5 cm³/mol. The minimum atomic E-state index is -3.54. The van der Waals surface area contributed by atoms with E-state index in [-0.39, 0.29) is 4.90 Å². The molecule has 5 heteroatoms. The van der Waals surface area contributed by atoms with Crippen molar-refractivity contribution < 1.29 is 8.42 Å². The van der Waals surface area contributed by atoms with Gasteiger partial charge in [0.1, 0.15) is 0 Å². The van der Waals surface area contributed by atoms with Crippen LogP contribution in [-0.4, -0.2) is 22.1 Å². The van der Waals surface area contributed by atoms with Gasteiger partial charge in [-0.25, -0.2) is 0 Å². The fourth-order valence-electron chi connectivity index (χ4n) is 1.56. The summed E-state index contributed by atoms with van der Waals surface area (Å²) in [6, 6.07) is 16.4. The van der Waals surface area contributed by atoms with E-state index in [9.17, 15) is 8.42 Å². The van der Waals surface area contributed by atoms with Crippen LogP contribution in [0.4, 0.5) is 0 Å². The molecule has 0 aliphatic heterocycles. The molecule has 19 heavy (non-hydrogen) atoms. The Balaban J connectivity index is 2.39. The molecule has 0 aromatic heterocycles. The van der Waals surface area contributed by atoms with Crippen LogP contribution >= 0.6 is 0 Å². The Morgan fingerprint density at radius 2 is 1.53 bits per heavy atom. The number of hydrogen-bond donors (Lipinski definition) is 0. The summed E-state index contributed by atoms with van der Waals surface area (Å²) in [7, 11) is -3.54. The van der Waals surface area contributed by atoms with Gasteiger partial charge < -0.3 is 0 Å². The van der Waals surface area contributed by atoms with Crippen LogP contribution < -0.4 is 4.46 Å². The molecule has 0 spiro atoms. The first-order valence-corrected chi connectivity index (χ1v) is 10.5. The van der Waals surface area contributed by atoms with E-state index in [1.165, 1.54) is 0 Å². The number of nitrogens with zero attached hydrogens (tertiary/aromatic N) is 1. The Hall–Kier alpha value is -1.29. The van der Waals surface area contributed by atoms with E-state index >= 15 is 0 Å². The maximum atomic E-state index is 12.2. The van der Waals surface area contributed by atoms with Gasteiger partial charge in [-0.2, -0.15) is 0 Å². The standard InChI is InChI=1S/C14H15NO2SSe/c1-12-8-10-13(11-9-12)18(16,17)15-19(2)14-6-4-3-5-7-14/h3-11H,1-2H3. The molecule has 1 unspecified atom stereocenters. The van der Waals surface area contributed by atoms with Gasteiger partial charge in [-0.3, -0.25) is 0 Å². The molecule has 3 nitrogen and oxygen atoms in total. The predicted octanol–water partition coefficient (Wildman–Crippen LogP) is 2.48. The van der Waals surface area contributed by atoms with Crippen molar-refractivity contribution in [2.75, 3.05) is 0 Å². The molecule has 0 aliphatic carbocycles. The normalized spacial score (nSPS) is 13.4. The summed E-state index contributed by atoms with van der Waals surface area (Å²) in [6.07, 6.45) is 0. The fourth-order valence-corrected chi connectivity index (χ4v) is 6.60. The zero-order valence-electron chi connectivity index (χ0n) is 10.8. The van der Waals surface area contributed by atoms with Gasteiger partial charge in [0.15, 0.2) is 0 Å². The molecule has 100 valence electrons. The van der Waals surface area contributed by atoms with Gasteiger partial charge >= 0.3 is 118 Å². The number of hydrogen-bond acceptors (Lipinski definition) is 2. The van der Waals surface area contributed by atoms with Gasteiger partial charge in [0.2, 0.25) is 0 Å². The van der Waals surface area contributed by atoms with Crippen LogP contribution in [0.2, 0.25) is 5.82 Å². The Kier molecular flexibility index (Phi) is 4.30. The van der Waals surface area contributed by atoms with E-state index in [1.54, 1.807) is 24.3 Å². The van der Waals surface area contributed by atoms with E-state index in [4.69, 9.17) is 0 Å². The van der Waals surface area contributed by atoms with E-state index in [0.29, 0.717) is 0 Å². The van der Waals surface area contributed by atoms with Crippen molar-refractivity contribution in [2.45, 2.75) is 17.6 Å². The van der Waals surface area contributed by atoms with Crippen molar-refractivity contribution in [3.63, 3.8) is 0 Å². The minimum absolute atomic E-state index is 0.268. The topological polar surface area (TPSA) is 46.5 Å². The van der Waals surface area contributed by atoms with Crippen molar-refractivity contribution in [1.29, 1.82) is 0 Å². The summed E-state index contributed by atoms with van der Waals surface area (Å²) in [6.45, 7) is 1.92. The molecular formula is C14H15NO2SSe. The van der Waals surface area contributed by atoms with Gasteiger partial charge in [-0.15, -0.1) is 0 Å². The molecule has 2 aromatic rings. The van der Waals surface area contributed by atoms with E-state index in [1.807, 2.05) is 43.1 Å². The molecule has 2 rings (SSSR count). The summed E-state index contributed by atoms with van der Waals surface area (Å²) in [5, 5.41) is 0. The molecule has 0 heterocycles. The third kappa shape index (κ3) is 3.60. The van der Waals surface area contributed by atoms with Crippen LogP contribution in [0, 0.1) is 6.92 Å². The first-order chi connectivity index (χ1) is 8.99. The zero-order chi connectivity index (χ0) is 13.9. The second kappa shape index (κ2) is 5.78. The fraction of sp³-hybridized carbons (Fsp3) is 0.143. The molecule has 0 amide bonds. The summed E-state index contributed by atoms with van der Waals surface area (Å²) in [5.41, 5.74) is 1.03. The van der Waals surface area contributed by atoms with Gasteiger partial charge in [0, 0.05) is 0 Å². The molecule has 1 atom stereocenters. The molecule has 0 fully saturated rings. The Morgan fingerprint density at radius 1 is 0.947 bits per heavy atom. The first kappa shape index (κ1) is 14.1. The third-order valence-corrected chi connectivity index (χ3v) is 8.55. The van der Waals surface area contributed by atoms with Gasteiger partial charge in [0.25, 0.3) is 0 Å². The van der Waals surface area contributed by atoms with Crippen molar-refractivity contribution in [2.24, 2.45) is 3.37 Å². The van der Waals surface area contributed by atoms with Gasteiger partial charge in [-0.1, -0.05) is 0 Å². The van der Waals surface area contributed by atoms with Crippen LogP contribution in [-0.2, 0) is 10.0 Å². The van der Waals surface area contributed by atoms with Gasteiger partial charge in [-0.05, 0) is 0 Å². The van der Waals surface area contributed by atoms with Crippen molar-refractivity contribution >= 4 is 28.2 Å². The van der Waals surface area contributed by atoms with Crippen LogP contribution in [0.3, 0.4) is 0 Å².